The van der Waals surface area contributed by atoms with Crippen LogP contribution in [0.1, 0.15) is 11.1 Å². The van der Waals surface area contributed by atoms with Gasteiger partial charge >= 0.3 is 0 Å². The molecule has 4 aromatic carbocycles. The van der Waals surface area contributed by atoms with Gasteiger partial charge in [0.1, 0.15) is 57.9 Å². The smallest absolute Gasteiger partial charge is 0.203 e. The molecule has 0 aliphatic heterocycles. The van der Waals surface area contributed by atoms with E-state index >= 15 is 0 Å². The molecule has 2 aromatic heterocycles. The van der Waals surface area contributed by atoms with Gasteiger partial charge in [0.2, 0.25) is 11.5 Å². The number of anilines is 2. The Labute approximate surface area is 293 Å². The third kappa shape index (κ3) is 6.79. The van der Waals surface area contributed by atoms with Crippen LogP contribution in [0.3, 0.4) is 0 Å². The summed E-state index contributed by atoms with van der Waals surface area (Å²) in [5.74, 6) is 5.83. The molecule has 0 fully saturated rings. The highest BCUT2D eigenvalue weighted by molar-refractivity contribution is 5.93. The number of benzene rings is 4. The molecule has 2 heterocycles. The Morgan fingerprint density at radius 2 is 1.02 bits per heavy atom. The molecule has 0 radical (unpaired) electrons. The predicted molar refractivity (Wildman–Crippen MR) is 192 cm³/mol. The molecule has 0 atom stereocenters. The molecule has 0 aliphatic carbocycles. The van der Waals surface area contributed by atoms with Crippen molar-refractivity contribution < 1.29 is 37.9 Å². The zero-order chi connectivity index (χ0) is 36.8. The molecule has 0 amide bonds. The lowest BCUT2D eigenvalue weighted by Crippen LogP contribution is -1.96. The molecule has 0 unspecified atom stereocenters. The van der Waals surface area contributed by atoms with Crippen molar-refractivity contribution in [3.05, 3.63) is 71.8 Å². The van der Waals surface area contributed by atoms with Gasteiger partial charge < -0.3 is 58.9 Å². The molecule has 0 bridgehead atoms. The topological polar surface area (TPSA) is 194 Å². The summed E-state index contributed by atoms with van der Waals surface area (Å²) < 4.78 is 45.5. The van der Waals surface area contributed by atoms with E-state index in [1.807, 2.05) is 19.2 Å². The minimum Gasteiger partial charge on any atom is -0.493 e. The summed E-state index contributed by atoms with van der Waals surface area (Å²) in [7, 11) is 11.0. The first-order valence-corrected chi connectivity index (χ1v) is 15.2. The lowest BCUT2D eigenvalue weighted by atomic mass is 10.1. The number of aromatic amines is 1. The third-order valence-corrected chi connectivity index (χ3v) is 7.99. The first kappa shape index (κ1) is 35.3. The number of nitrogen functional groups attached to an aromatic ring is 2. The molecule has 0 spiro atoms. The van der Waals surface area contributed by atoms with Crippen LogP contribution in [-0.4, -0.2) is 52.2 Å². The number of H-pyrrole nitrogens is 1. The number of nitrogens with one attached hydrogen (secondary N) is 1. The molecule has 0 aliphatic rings. The van der Waals surface area contributed by atoms with E-state index in [9.17, 15) is 10.5 Å². The summed E-state index contributed by atoms with van der Waals surface area (Å²) in [6.45, 7) is 0. The normalized spacial score (nSPS) is 10.4. The van der Waals surface area contributed by atoms with E-state index in [-0.39, 0.29) is 0 Å². The van der Waals surface area contributed by atoms with Crippen molar-refractivity contribution in [2.45, 2.75) is 0 Å². The largest absolute Gasteiger partial charge is 0.493 e. The van der Waals surface area contributed by atoms with Gasteiger partial charge in [-0.3, -0.25) is 0 Å². The highest BCUT2D eigenvalue weighted by Crippen LogP contribution is 2.43. The Hall–Kier alpha value is -7.06. The van der Waals surface area contributed by atoms with E-state index in [0.717, 1.165) is 16.4 Å². The van der Waals surface area contributed by atoms with Crippen molar-refractivity contribution in [3.8, 4) is 69.6 Å². The number of rotatable bonds is 10. The Bertz CT molecular complexity index is 2270. The summed E-state index contributed by atoms with van der Waals surface area (Å²) in [4.78, 5) is 2.96. The lowest BCUT2D eigenvalue weighted by molar-refractivity contribution is 0.321. The van der Waals surface area contributed by atoms with Gasteiger partial charge in [0.25, 0.3) is 0 Å². The Balaban J connectivity index is 0.000000198. The minimum absolute atomic E-state index is 0.336. The van der Waals surface area contributed by atoms with Crippen LogP contribution >= 0.6 is 0 Å². The van der Waals surface area contributed by atoms with E-state index < -0.39 is 0 Å². The highest BCUT2D eigenvalue weighted by atomic mass is 16.5. The van der Waals surface area contributed by atoms with E-state index in [1.165, 1.54) is 28.4 Å². The van der Waals surface area contributed by atoms with Crippen LogP contribution < -0.4 is 49.4 Å². The van der Waals surface area contributed by atoms with Crippen LogP contribution in [0.25, 0.3) is 21.8 Å². The molecule has 6 rings (SSSR count). The molecule has 5 N–H and O–H groups in total. The summed E-state index contributed by atoms with van der Waals surface area (Å²) in [5, 5.41) is 20.0. The predicted octanol–water partition coefficient (Wildman–Crippen LogP) is 6.89. The van der Waals surface area contributed by atoms with Crippen LogP contribution in [0.4, 0.5) is 11.6 Å². The Kier molecular flexibility index (Phi) is 10.4. The molecule has 262 valence electrons. The van der Waals surface area contributed by atoms with Gasteiger partial charge in [0.05, 0.1) is 48.2 Å². The fourth-order valence-electron chi connectivity index (χ4n) is 5.50. The second-order valence-electron chi connectivity index (χ2n) is 10.8. The minimum atomic E-state index is 0.336. The van der Waals surface area contributed by atoms with Gasteiger partial charge in [0, 0.05) is 47.6 Å². The van der Waals surface area contributed by atoms with E-state index in [0.29, 0.717) is 85.6 Å². The van der Waals surface area contributed by atoms with Crippen molar-refractivity contribution in [1.82, 2.24) is 9.55 Å². The first-order valence-electron chi connectivity index (χ1n) is 15.2. The number of aryl methyl sites for hydroxylation is 1. The number of nitrogens with zero attached hydrogens (tertiary/aromatic N) is 3. The number of hydrogen-bond donors (Lipinski definition) is 3. The van der Waals surface area contributed by atoms with Gasteiger partial charge in [0.15, 0.2) is 23.0 Å². The lowest BCUT2D eigenvalue weighted by Gasteiger charge is -2.14. The standard InChI is InChI=1S/C19H19N3O4.C18H17N3O4/c1-22-15-6-5-11(7-13(15)14(10-20)19(22)21)26-12-8-16(23-2)18(25-4)17(9-12)24-3;1-22-15-7-11(8-16(23-2)17(15)24-3)25-10-4-5-14-12(6-10)13(9-19)18(20)21-14/h5-9H,21H2,1-4H3;4-8,21H,20H2,1-3H3. The van der Waals surface area contributed by atoms with Crippen LogP contribution in [0.2, 0.25) is 0 Å². The zero-order valence-electron chi connectivity index (χ0n) is 29.0. The molecule has 6 aromatic rings. The van der Waals surface area contributed by atoms with Crippen LogP contribution in [-0.2, 0) is 7.05 Å². The average Bonchev–Trinajstić information content (AvgIpc) is 3.60. The van der Waals surface area contributed by atoms with Crippen LogP contribution in [0, 0.1) is 22.7 Å². The fraction of sp³-hybridized carbons (Fsp3) is 0.189. The Morgan fingerprint density at radius 1 is 0.569 bits per heavy atom. The number of nitrogens with two attached hydrogens (primary N) is 2. The maximum absolute atomic E-state index is 9.37. The molecule has 0 saturated heterocycles. The Morgan fingerprint density at radius 3 is 1.45 bits per heavy atom. The van der Waals surface area contributed by atoms with E-state index in [1.54, 1.807) is 67.3 Å². The number of methoxy groups -OCH3 is 6. The number of fused-ring (bicyclic) bond motifs is 2. The van der Waals surface area contributed by atoms with Gasteiger partial charge in [-0.25, -0.2) is 0 Å². The maximum atomic E-state index is 9.37. The quantitative estimate of drug-likeness (QED) is 0.135. The zero-order valence-corrected chi connectivity index (χ0v) is 29.0. The SMILES string of the molecule is COc1cc(Oc2ccc3[nH]c(N)c(C#N)c3c2)cc(OC)c1OC.COc1cc(Oc2ccc3c(c2)c(C#N)c(N)n3C)cc(OC)c1OC. The molecular formula is C37H36N6O8. The number of nitriles is 2. The summed E-state index contributed by atoms with van der Waals surface area (Å²) >= 11 is 0. The first-order chi connectivity index (χ1) is 24.6. The molecular weight excluding hydrogens is 656 g/mol. The van der Waals surface area contributed by atoms with Crippen molar-refractivity contribution in [2.75, 3.05) is 54.1 Å². The van der Waals surface area contributed by atoms with Crippen molar-refractivity contribution >= 4 is 33.4 Å². The monoisotopic (exact) mass is 692 g/mol. The van der Waals surface area contributed by atoms with Crippen molar-refractivity contribution in [1.29, 1.82) is 10.5 Å². The molecule has 14 heteroatoms. The number of hydrogen-bond acceptors (Lipinski definition) is 12. The second-order valence-corrected chi connectivity index (χ2v) is 10.8. The van der Waals surface area contributed by atoms with Gasteiger partial charge in [-0.05, 0) is 36.4 Å². The number of ether oxygens (including phenoxy) is 8. The van der Waals surface area contributed by atoms with Gasteiger partial charge in [-0.2, -0.15) is 10.5 Å². The summed E-state index contributed by atoms with van der Waals surface area (Å²) in [6.07, 6.45) is 0. The van der Waals surface area contributed by atoms with Crippen LogP contribution in [0.5, 0.6) is 57.5 Å². The van der Waals surface area contributed by atoms with Gasteiger partial charge in [-0.1, -0.05) is 0 Å². The molecule has 14 nitrogen and oxygen atoms in total. The summed E-state index contributed by atoms with van der Waals surface area (Å²) in [6, 6.07) is 21.8. The fourth-order valence-corrected chi connectivity index (χ4v) is 5.50. The third-order valence-electron chi connectivity index (χ3n) is 7.99. The second kappa shape index (κ2) is 15.0. The van der Waals surface area contributed by atoms with Gasteiger partial charge in [-0.15, -0.1) is 0 Å². The maximum Gasteiger partial charge on any atom is 0.203 e. The number of aromatic nitrogens is 2. The summed E-state index contributed by atoms with van der Waals surface area (Å²) in [5.41, 5.74) is 14.2. The van der Waals surface area contributed by atoms with E-state index in [2.05, 4.69) is 17.1 Å². The highest BCUT2D eigenvalue weighted by Gasteiger charge is 2.18. The molecule has 51 heavy (non-hydrogen) atoms. The van der Waals surface area contributed by atoms with Crippen LogP contribution in [0.15, 0.2) is 60.7 Å². The molecule has 0 saturated carbocycles. The van der Waals surface area contributed by atoms with E-state index in [4.69, 9.17) is 49.4 Å². The van der Waals surface area contributed by atoms with Crippen molar-refractivity contribution in [2.24, 2.45) is 7.05 Å². The van der Waals surface area contributed by atoms with Crippen molar-refractivity contribution in [3.63, 3.8) is 0 Å². The average molecular weight is 693 g/mol.